The molecular formula is C39H46N6O2SSi. The summed E-state index contributed by atoms with van der Waals surface area (Å²) >= 11 is -1.43. The summed E-state index contributed by atoms with van der Waals surface area (Å²) in [4.78, 5) is 9.68. The number of fused-ring (bicyclic) bond motifs is 1. The summed E-state index contributed by atoms with van der Waals surface area (Å²) in [7, 11) is -1.25. The summed E-state index contributed by atoms with van der Waals surface area (Å²) in [5.74, 6) is 0. The Morgan fingerprint density at radius 2 is 1.41 bits per heavy atom. The van der Waals surface area contributed by atoms with Crippen molar-refractivity contribution in [3.05, 3.63) is 150 Å². The van der Waals surface area contributed by atoms with Crippen LogP contribution in [0.4, 0.5) is 0 Å². The van der Waals surface area contributed by atoms with Crippen molar-refractivity contribution in [3.8, 4) is 0 Å². The molecule has 6 aromatic rings. The van der Waals surface area contributed by atoms with Crippen molar-refractivity contribution in [2.75, 3.05) is 6.61 Å². The second kappa shape index (κ2) is 14.4. The van der Waals surface area contributed by atoms with Gasteiger partial charge in [-0.2, -0.15) is 5.10 Å². The summed E-state index contributed by atoms with van der Waals surface area (Å²) in [6.07, 6.45) is 9.43. The van der Waals surface area contributed by atoms with E-state index in [1.54, 1.807) is 0 Å². The Morgan fingerprint density at radius 1 is 0.837 bits per heavy atom. The Bertz CT molecular complexity index is 1860. The van der Waals surface area contributed by atoms with Crippen LogP contribution in [0.5, 0.6) is 0 Å². The minimum Gasteiger partial charge on any atom is -0.598 e. The second-order valence-corrected chi connectivity index (χ2v) is 22.2. The lowest BCUT2D eigenvalue weighted by Gasteiger charge is -2.37. The highest BCUT2D eigenvalue weighted by Gasteiger charge is 2.40. The molecule has 49 heavy (non-hydrogen) atoms. The number of hydrogen-bond donors (Lipinski definition) is 1. The smallest absolute Gasteiger partial charge is 0.140 e. The van der Waals surface area contributed by atoms with Gasteiger partial charge in [-0.15, -0.1) is 4.72 Å². The largest absolute Gasteiger partial charge is 0.598 e. The van der Waals surface area contributed by atoms with Gasteiger partial charge in [-0.25, -0.2) is 9.67 Å². The lowest BCUT2D eigenvalue weighted by molar-refractivity contribution is 0.0816. The van der Waals surface area contributed by atoms with Crippen LogP contribution < -0.4 is 4.72 Å². The van der Waals surface area contributed by atoms with Gasteiger partial charge in [0.1, 0.15) is 23.1 Å². The van der Waals surface area contributed by atoms with E-state index in [9.17, 15) is 4.55 Å². The van der Waals surface area contributed by atoms with Crippen molar-refractivity contribution < 1.29 is 9.29 Å². The summed E-state index contributed by atoms with van der Waals surface area (Å²) < 4.78 is 27.0. The first-order valence-corrected chi connectivity index (χ1v) is 21.6. The van der Waals surface area contributed by atoms with Gasteiger partial charge in [0.05, 0.1) is 23.7 Å². The Kier molecular flexibility index (Phi) is 10.2. The van der Waals surface area contributed by atoms with Crippen LogP contribution in [0.15, 0.2) is 122 Å². The van der Waals surface area contributed by atoms with E-state index in [1.807, 2.05) is 68.6 Å². The molecular weight excluding hydrogens is 645 g/mol. The first-order valence-electron chi connectivity index (χ1n) is 16.7. The molecule has 3 heterocycles. The molecule has 3 aromatic carbocycles. The fraction of sp³-hybridized carbons (Fsp3) is 0.308. The van der Waals surface area contributed by atoms with E-state index >= 15 is 0 Å². The Hall–Kier alpha value is -4.06. The van der Waals surface area contributed by atoms with Crippen LogP contribution in [0, 0.1) is 0 Å². The maximum atomic E-state index is 13.9. The van der Waals surface area contributed by atoms with Gasteiger partial charge in [0.15, 0.2) is 0 Å². The van der Waals surface area contributed by atoms with Crippen molar-refractivity contribution in [1.82, 2.24) is 29.0 Å². The molecule has 0 aliphatic heterocycles. The monoisotopic (exact) mass is 690 g/mol. The average Bonchev–Trinajstić information content (AvgIpc) is 3.75. The standard InChI is InChI=1S/C39H46N6O2SSi/c1-38(2,3)48(46)43-36(34-26-40-24-30-25-42-45(37(30)34)29-47-22-23-49(4,5)6)35-27-44(28-41-35)39(31-16-10-7-11-17-31,32-18-12-8-13-19-32)33-20-14-9-15-21-33/h7-21,24-28,36,43H,22-23,29H2,1-6H3/t36-,48?/m0/s1. The summed E-state index contributed by atoms with van der Waals surface area (Å²) in [5.41, 5.74) is 4.97. The first-order chi connectivity index (χ1) is 23.5. The van der Waals surface area contributed by atoms with Crippen LogP contribution in [0.1, 0.15) is 54.8 Å². The number of hydrogen-bond acceptors (Lipinski definition) is 6. The van der Waals surface area contributed by atoms with Crippen molar-refractivity contribution in [2.24, 2.45) is 0 Å². The molecule has 0 aliphatic rings. The summed E-state index contributed by atoms with van der Waals surface area (Å²) in [6.45, 7) is 13.9. The number of imidazole rings is 1. The topological polar surface area (TPSA) is 92.9 Å². The van der Waals surface area contributed by atoms with Gasteiger partial charge < -0.3 is 13.9 Å². The highest BCUT2D eigenvalue weighted by Crippen LogP contribution is 2.41. The molecule has 0 amide bonds. The van der Waals surface area contributed by atoms with Gasteiger partial charge in [0.2, 0.25) is 0 Å². The molecule has 2 atom stereocenters. The Labute approximate surface area is 293 Å². The van der Waals surface area contributed by atoms with Crippen molar-refractivity contribution in [2.45, 2.75) is 69.5 Å². The lowest BCUT2D eigenvalue weighted by Crippen LogP contribution is -2.42. The molecule has 6 rings (SSSR count). The minimum absolute atomic E-state index is 0.313. The zero-order chi connectivity index (χ0) is 34.6. The maximum absolute atomic E-state index is 13.9. The number of aromatic nitrogens is 5. The molecule has 254 valence electrons. The fourth-order valence-corrected chi connectivity index (χ4v) is 7.70. The Balaban J connectivity index is 1.51. The number of nitrogens with one attached hydrogen (secondary N) is 1. The number of nitrogens with zero attached hydrogens (tertiary/aromatic N) is 5. The van der Waals surface area contributed by atoms with E-state index in [-0.39, 0.29) is 0 Å². The number of benzene rings is 3. The number of pyridine rings is 1. The van der Waals surface area contributed by atoms with Crippen LogP contribution in [-0.4, -0.2) is 48.3 Å². The summed E-state index contributed by atoms with van der Waals surface area (Å²) in [5, 5.41) is 5.57. The van der Waals surface area contributed by atoms with Crippen molar-refractivity contribution in [1.29, 1.82) is 0 Å². The molecule has 3 aromatic heterocycles. The molecule has 0 fully saturated rings. The zero-order valence-electron chi connectivity index (χ0n) is 29.2. The molecule has 8 nitrogen and oxygen atoms in total. The van der Waals surface area contributed by atoms with Crippen LogP contribution in [0.3, 0.4) is 0 Å². The van der Waals surface area contributed by atoms with Gasteiger partial charge >= 0.3 is 0 Å². The van der Waals surface area contributed by atoms with Crippen molar-refractivity contribution >= 4 is 30.3 Å². The average molecular weight is 691 g/mol. The van der Waals surface area contributed by atoms with E-state index in [4.69, 9.17) is 14.8 Å². The van der Waals surface area contributed by atoms with Gasteiger partial charge in [-0.3, -0.25) is 4.98 Å². The Morgan fingerprint density at radius 3 is 1.94 bits per heavy atom. The first kappa shape index (κ1) is 34.8. The molecule has 0 spiro atoms. The number of rotatable bonds is 13. The number of ether oxygens (including phenoxy) is 1. The molecule has 0 saturated carbocycles. The predicted molar refractivity (Wildman–Crippen MR) is 201 cm³/mol. The van der Waals surface area contributed by atoms with Crippen molar-refractivity contribution in [3.63, 3.8) is 0 Å². The van der Waals surface area contributed by atoms with Gasteiger partial charge in [-0.05, 0) is 43.5 Å². The van der Waals surface area contributed by atoms with Crippen LogP contribution in [0.2, 0.25) is 25.7 Å². The molecule has 1 N–H and O–H groups in total. The predicted octanol–water partition coefficient (Wildman–Crippen LogP) is 7.92. The normalized spacial score (nSPS) is 13.9. The van der Waals surface area contributed by atoms with E-state index in [1.165, 1.54) is 0 Å². The maximum Gasteiger partial charge on any atom is 0.140 e. The SMILES string of the molecule is CC(C)(C)[S+]([O-])N[C@H](c1cn(C(c2ccccc2)(c2ccccc2)c2ccccc2)cn1)c1cncc2cnn(COCC[Si](C)(C)C)c12. The molecule has 0 aliphatic carbocycles. The molecule has 0 saturated heterocycles. The van der Waals surface area contributed by atoms with E-state index in [0.29, 0.717) is 19.0 Å². The highest BCUT2D eigenvalue weighted by molar-refractivity contribution is 7.90. The molecule has 0 radical (unpaired) electrons. The highest BCUT2D eigenvalue weighted by atomic mass is 32.2. The van der Waals surface area contributed by atoms with E-state index < -0.39 is 35.8 Å². The summed E-state index contributed by atoms with van der Waals surface area (Å²) in [6, 6.07) is 32.0. The quantitative estimate of drug-likeness (QED) is 0.0573. The lowest BCUT2D eigenvalue weighted by atomic mass is 9.77. The van der Waals surface area contributed by atoms with Gasteiger partial charge in [0.25, 0.3) is 0 Å². The van der Waals surface area contributed by atoms with Crippen LogP contribution in [-0.2, 0) is 28.4 Å². The molecule has 0 bridgehead atoms. The minimum atomic E-state index is -1.43. The van der Waals surface area contributed by atoms with Gasteiger partial charge in [-0.1, -0.05) is 111 Å². The van der Waals surface area contributed by atoms with E-state index in [0.717, 1.165) is 39.2 Å². The third-order valence-corrected chi connectivity index (χ3v) is 12.0. The van der Waals surface area contributed by atoms with Gasteiger partial charge in [0, 0.05) is 55.6 Å². The molecule has 1 unspecified atom stereocenters. The third kappa shape index (κ3) is 7.44. The van der Waals surface area contributed by atoms with E-state index in [2.05, 4.69) is 113 Å². The molecule has 10 heteroatoms. The van der Waals surface area contributed by atoms with Crippen LogP contribution >= 0.6 is 0 Å². The zero-order valence-corrected chi connectivity index (χ0v) is 31.0. The fourth-order valence-electron chi connectivity index (χ4n) is 6.13. The van der Waals surface area contributed by atoms with Crippen LogP contribution in [0.25, 0.3) is 10.9 Å². The third-order valence-electron chi connectivity index (χ3n) is 8.73. The second-order valence-electron chi connectivity index (χ2n) is 14.6.